The van der Waals surface area contributed by atoms with Crippen LogP contribution in [0.2, 0.25) is 0 Å². The Morgan fingerprint density at radius 3 is 2.71 bits per heavy atom. The number of aromatic nitrogens is 1. The van der Waals surface area contributed by atoms with Gasteiger partial charge in [-0.1, -0.05) is 30.3 Å². The molecule has 1 aromatic heterocycles. The number of ether oxygens (including phenoxy) is 1. The predicted molar refractivity (Wildman–Crippen MR) is 100 cm³/mol. The summed E-state index contributed by atoms with van der Waals surface area (Å²) in [7, 11) is 0. The molecule has 1 N–H and O–H groups in total. The summed E-state index contributed by atoms with van der Waals surface area (Å²) < 4.78 is 5.84. The molecule has 4 nitrogen and oxygen atoms in total. The number of aryl methyl sites for hydroxylation is 2. The standard InChI is InChI=1S/C19H19N3OS/c1-14-10-18(23-12-16-6-4-3-5-7-16)9-8-17(14)11-20-22-19-21-15(2)13-24-19/h3-11,13H,12H2,1-2H3,(H,21,22). The lowest BCUT2D eigenvalue weighted by atomic mass is 10.1. The Morgan fingerprint density at radius 2 is 2.00 bits per heavy atom. The van der Waals surface area contributed by atoms with E-state index in [0.717, 1.165) is 33.3 Å². The fourth-order valence-electron chi connectivity index (χ4n) is 2.19. The molecule has 0 fully saturated rings. The summed E-state index contributed by atoms with van der Waals surface area (Å²) >= 11 is 1.54. The molecule has 24 heavy (non-hydrogen) atoms. The second-order valence-electron chi connectivity index (χ2n) is 5.46. The van der Waals surface area contributed by atoms with Crippen molar-refractivity contribution in [3.05, 3.63) is 76.3 Å². The van der Waals surface area contributed by atoms with E-state index in [1.54, 1.807) is 6.21 Å². The molecule has 0 saturated heterocycles. The molecule has 0 aliphatic rings. The average Bonchev–Trinajstić information content (AvgIpc) is 3.01. The molecule has 0 bridgehead atoms. The summed E-state index contributed by atoms with van der Waals surface area (Å²) in [5.41, 5.74) is 7.26. The van der Waals surface area contributed by atoms with Crippen LogP contribution in [0.4, 0.5) is 5.13 Å². The van der Waals surface area contributed by atoms with Gasteiger partial charge in [-0.15, -0.1) is 11.3 Å². The number of nitrogens with one attached hydrogen (secondary N) is 1. The van der Waals surface area contributed by atoms with E-state index >= 15 is 0 Å². The molecule has 0 spiro atoms. The maximum Gasteiger partial charge on any atom is 0.203 e. The lowest BCUT2D eigenvalue weighted by molar-refractivity contribution is 0.306. The van der Waals surface area contributed by atoms with Crippen LogP contribution in [0.5, 0.6) is 5.75 Å². The predicted octanol–water partition coefficient (Wildman–Crippen LogP) is 4.78. The van der Waals surface area contributed by atoms with Crippen molar-refractivity contribution >= 4 is 22.7 Å². The van der Waals surface area contributed by atoms with Gasteiger partial charge in [-0.05, 0) is 48.7 Å². The number of hydrazone groups is 1. The van der Waals surface area contributed by atoms with Crippen molar-refractivity contribution in [2.45, 2.75) is 20.5 Å². The van der Waals surface area contributed by atoms with Crippen LogP contribution in [-0.2, 0) is 6.61 Å². The minimum atomic E-state index is 0.568. The first kappa shape index (κ1) is 16.2. The highest BCUT2D eigenvalue weighted by Crippen LogP contribution is 2.18. The van der Waals surface area contributed by atoms with Gasteiger partial charge in [0.2, 0.25) is 5.13 Å². The third-order valence-corrected chi connectivity index (χ3v) is 4.34. The molecule has 3 aromatic rings. The zero-order valence-electron chi connectivity index (χ0n) is 13.7. The minimum Gasteiger partial charge on any atom is -0.489 e. The number of thiazole rings is 1. The molecule has 0 atom stereocenters. The Hall–Kier alpha value is -2.66. The van der Waals surface area contributed by atoms with Gasteiger partial charge in [0.25, 0.3) is 0 Å². The van der Waals surface area contributed by atoms with Gasteiger partial charge in [0.15, 0.2) is 0 Å². The van der Waals surface area contributed by atoms with Gasteiger partial charge in [0.05, 0.1) is 11.9 Å². The Balaban J connectivity index is 1.59. The van der Waals surface area contributed by atoms with E-state index in [-0.39, 0.29) is 0 Å². The normalized spacial score (nSPS) is 10.9. The van der Waals surface area contributed by atoms with Crippen molar-refractivity contribution in [2.75, 3.05) is 5.43 Å². The van der Waals surface area contributed by atoms with E-state index in [4.69, 9.17) is 4.74 Å². The summed E-state index contributed by atoms with van der Waals surface area (Å²) in [4.78, 5) is 4.31. The van der Waals surface area contributed by atoms with E-state index in [2.05, 4.69) is 27.6 Å². The fraction of sp³-hybridized carbons (Fsp3) is 0.158. The zero-order valence-corrected chi connectivity index (χ0v) is 14.5. The lowest BCUT2D eigenvalue weighted by Gasteiger charge is -2.08. The molecule has 122 valence electrons. The Labute approximate surface area is 145 Å². The van der Waals surface area contributed by atoms with Crippen LogP contribution in [0, 0.1) is 13.8 Å². The zero-order chi connectivity index (χ0) is 16.8. The number of rotatable bonds is 6. The molecule has 5 heteroatoms. The topological polar surface area (TPSA) is 46.5 Å². The largest absolute Gasteiger partial charge is 0.489 e. The van der Waals surface area contributed by atoms with Crippen molar-refractivity contribution < 1.29 is 4.74 Å². The van der Waals surface area contributed by atoms with Gasteiger partial charge >= 0.3 is 0 Å². The van der Waals surface area contributed by atoms with Gasteiger partial charge < -0.3 is 4.74 Å². The SMILES string of the molecule is Cc1csc(NN=Cc2ccc(OCc3ccccc3)cc2C)n1. The number of benzene rings is 2. The highest BCUT2D eigenvalue weighted by Gasteiger charge is 2.01. The summed E-state index contributed by atoms with van der Waals surface area (Å²) in [6.45, 7) is 4.58. The van der Waals surface area contributed by atoms with Crippen LogP contribution < -0.4 is 10.2 Å². The molecule has 1 heterocycles. The fourth-order valence-corrected chi connectivity index (χ4v) is 2.82. The Bertz CT molecular complexity index is 828. The number of hydrogen-bond acceptors (Lipinski definition) is 5. The van der Waals surface area contributed by atoms with Crippen molar-refractivity contribution in [3.63, 3.8) is 0 Å². The van der Waals surface area contributed by atoms with Crippen LogP contribution in [0.15, 0.2) is 59.0 Å². The van der Waals surface area contributed by atoms with E-state index in [9.17, 15) is 0 Å². The van der Waals surface area contributed by atoms with Crippen LogP contribution in [0.25, 0.3) is 0 Å². The quantitative estimate of drug-likeness (QED) is 0.520. The molecule has 2 aromatic carbocycles. The maximum absolute atomic E-state index is 5.84. The summed E-state index contributed by atoms with van der Waals surface area (Å²) in [5, 5.41) is 7.03. The third-order valence-electron chi connectivity index (χ3n) is 3.47. The van der Waals surface area contributed by atoms with Crippen LogP contribution in [0.1, 0.15) is 22.4 Å². The van der Waals surface area contributed by atoms with Crippen molar-refractivity contribution in [1.82, 2.24) is 4.98 Å². The minimum absolute atomic E-state index is 0.568. The molecule has 0 aliphatic heterocycles. The molecule has 0 amide bonds. The number of anilines is 1. The molecule has 0 radical (unpaired) electrons. The van der Waals surface area contributed by atoms with Crippen molar-refractivity contribution in [1.29, 1.82) is 0 Å². The van der Waals surface area contributed by atoms with Gasteiger partial charge in [0.1, 0.15) is 12.4 Å². The summed E-state index contributed by atoms with van der Waals surface area (Å²) in [5.74, 6) is 0.858. The smallest absolute Gasteiger partial charge is 0.203 e. The van der Waals surface area contributed by atoms with E-state index < -0.39 is 0 Å². The van der Waals surface area contributed by atoms with Crippen LogP contribution in [0.3, 0.4) is 0 Å². The first-order valence-corrected chi connectivity index (χ1v) is 8.57. The van der Waals surface area contributed by atoms with E-state index in [0.29, 0.717) is 6.61 Å². The summed E-state index contributed by atoms with van der Waals surface area (Å²) in [6.07, 6.45) is 1.80. The van der Waals surface area contributed by atoms with E-state index in [1.807, 2.05) is 55.6 Å². The molecule has 0 aliphatic carbocycles. The van der Waals surface area contributed by atoms with Crippen molar-refractivity contribution in [3.8, 4) is 5.75 Å². The third kappa shape index (κ3) is 4.43. The van der Waals surface area contributed by atoms with Gasteiger partial charge in [-0.25, -0.2) is 4.98 Å². The monoisotopic (exact) mass is 337 g/mol. The van der Waals surface area contributed by atoms with Gasteiger partial charge in [0, 0.05) is 5.38 Å². The van der Waals surface area contributed by atoms with Crippen LogP contribution in [-0.4, -0.2) is 11.2 Å². The number of nitrogens with zero attached hydrogens (tertiary/aromatic N) is 2. The maximum atomic E-state index is 5.84. The Kier molecular flexibility index (Phi) is 5.23. The molecule has 0 saturated carbocycles. The lowest BCUT2D eigenvalue weighted by Crippen LogP contribution is -1.97. The molecule has 3 rings (SSSR count). The first-order chi connectivity index (χ1) is 11.7. The van der Waals surface area contributed by atoms with Crippen molar-refractivity contribution in [2.24, 2.45) is 5.10 Å². The number of hydrogen-bond donors (Lipinski definition) is 1. The summed E-state index contributed by atoms with van der Waals surface area (Å²) in [6, 6.07) is 16.1. The Morgan fingerprint density at radius 1 is 1.17 bits per heavy atom. The van der Waals surface area contributed by atoms with Crippen LogP contribution >= 0.6 is 11.3 Å². The second-order valence-corrected chi connectivity index (χ2v) is 6.31. The van der Waals surface area contributed by atoms with E-state index in [1.165, 1.54) is 11.3 Å². The van der Waals surface area contributed by atoms with Gasteiger partial charge in [-0.2, -0.15) is 5.10 Å². The highest BCUT2D eigenvalue weighted by molar-refractivity contribution is 7.13. The molecule has 0 unspecified atom stereocenters. The average molecular weight is 337 g/mol. The second kappa shape index (κ2) is 7.75. The van der Waals surface area contributed by atoms with Gasteiger partial charge in [-0.3, -0.25) is 5.43 Å². The first-order valence-electron chi connectivity index (χ1n) is 7.69. The molecular weight excluding hydrogens is 318 g/mol. The highest BCUT2D eigenvalue weighted by atomic mass is 32.1. The molecular formula is C19H19N3OS.